The Morgan fingerprint density at radius 3 is 2.66 bits per heavy atom. The monoisotopic (exact) mass is 418 g/mol. The molecule has 8 heteroatoms. The minimum Gasteiger partial charge on any atom is -0.497 e. The van der Waals surface area contributed by atoms with E-state index in [2.05, 4.69) is 0 Å². The van der Waals surface area contributed by atoms with E-state index in [4.69, 9.17) is 31.5 Å². The summed E-state index contributed by atoms with van der Waals surface area (Å²) in [6.45, 7) is 0.203. The normalized spacial score (nSPS) is 15.8. The van der Waals surface area contributed by atoms with Gasteiger partial charge in [0.1, 0.15) is 11.5 Å². The number of carbonyl (C=O) groups excluding carboxylic acids is 2. The van der Waals surface area contributed by atoms with Gasteiger partial charge in [-0.25, -0.2) is 4.79 Å². The first-order valence-corrected chi connectivity index (χ1v) is 9.56. The molecule has 1 saturated heterocycles. The molecule has 2 aromatic carbocycles. The largest absolute Gasteiger partial charge is 0.497 e. The lowest BCUT2D eigenvalue weighted by Gasteiger charge is -2.26. The van der Waals surface area contributed by atoms with Crippen LogP contribution in [0.4, 0.5) is 5.69 Å². The molecule has 3 rings (SSSR count). The zero-order valence-electron chi connectivity index (χ0n) is 16.3. The van der Waals surface area contributed by atoms with E-state index in [9.17, 15) is 9.59 Å². The van der Waals surface area contributed by atoms with E-state index in [-0.39, 0.29) is 29.8 Å². The number of halogens is 1. The van der Waals surface area contributed by atoms with E-state index in [1.807, 2.05) is 18.2 Å². The molecule has 1 atom stereocenters. The van der Waals surface area contributed by atoms with E-state index in [0.29, 0.717) is 23.1 Å². The van der Waals surface area contributed by atoms with Gasteiger partial charge in [-0.3, -0.25) is 4.79 Å². The van der Waals surface area contributed by atoms with Crippen molar-refractivity contribution in [1.29, 1.82) is 0 Å². The number of nitrogens with two attached hydrogens (primary N) is 1. The van der Waals surface area contributed by atoms with Crippen LogP contribution in [0.25, 0.3) is 0 Å². The molecule has 0 bridgehead atoms. The third kappa shape index (κ3) is 4.56. The molecule has 154 valence electrons. The first-order valence-electron chi connectivity index (χ1n) is 9.18. The number of ether oxygens (including phenoxy) is 3. The highest BCUT2D eigenvalue weighted by Gasteiger charge is 2.32. The van der Waals surface area contributed by atoms with Crippen molar-refractivity contribution in [2.75, 3.05) is 33.1 Å². The maximum Gasteiger partial charge on any atom is 0.340 e. The summed E-state index contributed by atoms with van der Waals surface area (Å²) in [4.78, 5) is 26.8. The predicted octanol–water partition coefficient (Wildman–Crippen LogP) is 3.46. The number of benzene rings is 2. The minimum absolute atomic E-state index is 0.174. The van der Waals surface area contributed by atoms with Gasteiger partial charge in [-0.05, 0) is 49.2 Å². The van der Waals surface area contributed by atoms with Gasteiger partial charge >= 0.3 is 5.97 Å². The number of rotatable bonds is 6. The molecular weight excluding hydrogens is 396 g/mol. The van der Waals surface area contributed by atoms with Crippen LogP contribution in [0, 0.1) is 0 Å². The lowest BCUT2D eigenvalue weighted by Crippen LogP contribution is -2.34. The molecule has 29 heavy (non-hydrogen) atoms. The maximum atomic E-state index is 12.8. The van der Waals surface area contributed by atoms with Crippen LogP contribution in [0.2, 0.25) is 5.02 Å². The molecule has 1 aliphatic rings. The van der Waals surface area contributed by atoms with Crippen molar-refractivity contribution in [1.82, 2.24) is 4.90 Å². The van der Waals surface area contributed by atoms with Gasteiger partial charge in [0.15, 0.2) is 6.61 Å². The van der Waals surface area contributed by atoms with Crippen LogP contribution in [-0.4, -0.2) is 44.1 Å². The molecule has 1 fully saturated rings. The summed E-state index contributed by atoms with van der Waals surface area (Å²) in [6.07, 6.45) is 1.63. The van der Waals surface area contributed by atoms with Gasteiger partial charge in [0.25, 0.3) is 5.91 Å². The molecule has 2 N–H and O–H groups in total. The van der Waals surface area contributed by atoms with E-state index in [0.717, 1.165) is 18.4 Å². The predicted molar refractivity (Wildman–Crippen MR) is 109 cm³/mol. The van der Waals surface area contributed by atoms with Gasteiger partial charge in [0, 0.05) is 22.8 Å². The highest BCUT2D eigenvalue weighted by atomic mass is 35.5. The number of nitrogen functional groups attached to an aromatic ring is 1. The van der Waals surface area contributed by atoms with Gasteiger partial charge in [-0.1, -0.05) is 11.6 Å². The summed E-state index contributed by atoms with van der Waals surface area (Å²) in [5, 5.41) is 0.419. The Hall–Kier alpha value is -2.93. The van der Waals surface area contributed by atoms with Crippen molar-refractivity contribution in [3.63, 3.8) is 0 Å². The standard InChI is InChI=1S/C21H23ClN2O5/c1-27-14-6-8-19(28-2)16(11-14)18-4-3-9-24(18)20(25)12-29-21(26)15-7-5-13(22)10-17(15)23/h5-8,10-11,18H,3-4,9,12,23H2,1-2H3/t18-/m0/s1. The third-order valence-corrected chi connectivity index (χ3v) is 5.16. The SMILES string of the molecule is COc1ccc(OC)c([C@@H]2CCCN2C(=O)COC(=O)c2ccc(Cl)cc2N)c1. The topological polar surface area (TPSA) is 91.1 Å². The smallest absolute Gasteiger partial charge is 0.340 e. The summed E-state index contributed by atoms with van der Waals surface area (Å²) in [5.74, 6) is 0.423. The zero-order chi connectivity index (χ0) is 21.0. The summed E-state index contributed by atoms with van der Waals surface area (Å²) >= 11 is 5.84. The molecule has 1 amide bonds. The molecule has 0 saturated carbocycles. The maximum absolute atomic E-state index is 12.8. The van der Waals surface area contributed by atoms with Crippen molar-refractivity contribution >= 4 is 29.2 Å². The fourth-order valence-corrected chi connectivity index (χ4v) is 3.68. The lowest BCUT2D eigenvalue weighted by atomic mass is 10.0. The second-order valence-corrected chi connectivity index (χ2v) is 7.10. The number of hydrogen-bond donors (Lipinski definition) is 1. The quantitative estimate of drug-likeness (QED) is 0.570. The Labute approximate surface area is 174 Å². The van der Waals surface area contributed by atoms with Crippen LogP contribution in [-0.2, 0) is 9.53 Å². The number of carbonyl (C=O) groups is 2. The summed E-state index contributed by atoms with van der Waals surface area (Å²) in [5.41, 5.74) is 7.05. The average molecular weight is 419 g/mol. The fourth-order valence-electron chi connectivity index (χ4n) is 3.50. The fraction of sp³-hybridized carbons (Fsp3) is 0.333. The molecular formula is C21H23ClN2O5. The van der Waals surface area contributed by atoms with Gasteiger partial charge in [-0.2, -0.15) is 0 Å². The molecule has 1 heterocycles. The zero-order valence-corrected chi connectivity index (χ0v) is 17.1. The molecule has 0 radical (unpaired) electrons. The highest BCUT2D eigenvalue weighted by molar-refractivity contribution is 6.31. The van der Waals surface area contributed by atoms with Crippen LogP contribution in [0.3, 0.4) is 0 Å². The summed E-state index contributed by atoms with van der Waals surface area (Å²) in [6, 6.07) is 9.81. The number of methoxy groups -OCH3 is 2. The molecule has 7 nitrogen and oxygen atoms in total. The third-order valence-electron chi connectivity index (χ3n) is 4.93. The number of amides is 1. The first-order chi connectivity index (χ1) is 13.9. The molecule has 2 aromatic rings. The number of esters is 1. The number of likely N-dealkylation sites (tertiary alicyclic amines) is 1. The van der Waals surface area contributed by atoms with E-state index in [1.165, 1.54) is 12.1 Å². The van der Waals surface area contributed by atoms with Crippen molar-refractivity contribution in [2.24, 2.45) is 0 Å². The second-order valence-electron chi connectivity index (χ2n) is 6.66. The van der Waals surface area contributed by atoms with Gasteiger partial charge in [0.2, 0.25) is 0 Å². The van der Waals surface area contributed by atoms with E-state index >= 15 is 0 Å². The molecule has 0 aliphatic carbocycles. The van der Waals surface area contributed by atoms with Crippen molar-refractivity contribution in [2.45, 2.75) is 18.9 Å². The van der Waals surface area contributed by atoms with Crippen LogP contribution >= 0.6 is 11.6 Å². The molecule has 1 aliphatic heterocycles. The van der Waals surface area contributed by atoms with Crippen molar-refractivity contribution in [3.8, 4) is 11.5 Å². The Bertz CT molecular complexity index is 918. The minimum atomic E-state index is -0.665. The summed E-state index contributed by atoms with van der Waals surface area (Å²) < 4.78 is 16.0. The summed E-state index contributed by atoms with van der Waals surface area (Å²) in [7, 11) is 3.18. The van der Waals surface area contributed by atoms with Crippen molar-refractivity contribution < 1.29 is 23.8 Å². The highest BCUT2D eigenvalue weighted by Crippen LogP contribution is 2.39. The van der Waals surface area contributed by atoms with Crippen LogP contribution in [0.1, 0.15) is 34.8 Å². The van der Waals surface area contributed by atoms with Gasteiger partial charge in [-0.15, -0.1) is 0 Å². The number of nitrogens with zero attached hydrogens (tertiary/aromatic N) is 1. The Balaban J connectivity index is 1.71. The number of anilines is 1. The lowest BCUT2D eigenvalue weighted by molar-refractivity contribution is -0.135. The Morgan fingerprint density at radius 2 is 1.97 bits per heavy atom. The Kier molecular flexibility index (Phi) is 6.49. The van der Waals surface area contributed by atoms with Crippen LogP contribution < -0.4 is 15.2 Å². The second kappa shape index (κ2) is 9.05. The molecule has 0 spiro atoms. The van der Waals surface area contributed by atoms with Gasteiger partial charge in [0.05, 0.1) is 25.8 Å². The van der Waals surface area contributed by atoms with Gasteiger partial charge < -0.3 is 24.8 Å². The van der Waals surface area contributed by atoms with E-state index < -0.39 is 5.97 Å². The van der Waals surface area contributed by atoms with E-state index in [1.54, 1.807) is 25.2 Å². The first kappa shape index (κ1) is 20.8. The molecule has 0 aromatic heterocycles. The Morgan fingerprint density at radius 1 is 1.17 bits per heavy atom. The van der Waals surface area contributed by atoms with Crippen LogP contribution in [0.5, 0.6) is 11.5 Å². The van der Waals surface area contributed by atoms with Crippen molar-refractivity contribution in [3.05, 3.63) is 52.5 Å². The molecule has 0 unspecified atom stereocenters. The van der Waals surface area contributed by atoms with Crippen LogP contribution in [0.15, 0.2) is 36.4 Å². The number of hydrogen-bond acceptors (Lipinski definition) is 6. The average Bonchev–Trinajstić information content (AvgIpc) is 3.21.